The minimum absolute atomic E-state index is 0.223. The van der Waals surface area contributed by atoms with E-state index in [4.69, 9.17) is 0 Å². The van der Waals surface area contributed by atoms with Gasteiger partial charge in [0.25, 0.3) is 0 Å². The van der Waals surface area contributed by atoms with Gasteiger partial charge in [-0.05, 0) is 12.1 Å². The number of benzene rings is 2. The molecule has 1 aromatic heterocycles. The van der Waals surface area contributed by atoms with E-state index in [-0.39, 0.29) is 5.75 Å². The van der Waals surface area contributed by atoms with Crippen molar-refractivity contribution in [1.29, 1.82) is 0 Å². The molecule has 0 atom stereocenters. The molecule has 6 heteroatoms. The molecule has 3 aromatic rings. The number of carbonyl (C=O) groups is 1. The van der Waals surface area contributed by atoms with Crippen molar-refractivity contribution < 1.29 is 9.90 Å². The minimum Gasteiger partial charge on any atom is -0.508 e. The first kappa shape index (κ1) is 15.9. The van der Waals surface area contributed by atoms with Crippen LogP contribution in [0.5, 0.6) is 5.75 Å². The molecule has 120 valence electrons. The summed E-state index contributed by atoms with van der Waals surface area (Å²) in [6.45, 7) is 0. The summed E-state index contributed by atoms with van der Waals surface area (Å²) in [6, 6.07) is 14.3. The van der Waals surface area contributed by atoms with Crippen LogP contribution in [0, 0.1) is 0 Å². The van der Waals surface area contributed by atoms with E-state index in [0.717, 1.165) is 23.1 Å². The van der Waals surface area contributed by atoms with Crippen LogP contribution >= 0.6 is 11.3 Å². The highest BCUT2D eigenvalue weighted by atomic mass is 32.1. The molecule has 5 nitrogen and oxygen atoms in total. The van der Waals surface area contributed by atoms with Gasteiger partial charge in [-0.1, -0.05) is 36.4 Å². The van der Waals surface area contributed by atoms with Crippen LogP contribution < -0.4 is 4.80 Å². The highest BCUT2D eigenvalue weighted by Crippen LogP contribution is 2.22. The Morgan fingerprint density at radius 3 is 2.67 bits per heavy atom. The van der Waals surface area contributed by atoms with Gasteiger partial charge in [-0.25, -0.2) is 0 Å². The molecule has 0 fully saturated rings. The van der Waals surface area contributed by atoms with Crippen molar-refractivity contribution in [3.63, 3.8) is 0 Å². The topological polar surface area (TPSA) is 66.9 Å². The van der Waals surface area contributed by atoms with Crippen molar-refractivity contribution in [3.05, 3.63) is 69.8 Å². The fraction of sp³-hybridized carbons (Fsp3) is 0.0556. The van der Waals surface area contributed by atoms with Crippen LogP contribution in [0.2, 0.25) is 0 Å². The van der Waals surface area contributed by atoms with Gasteiger partial charge in [0.2, 0.25) is 4.80 Å². The SMILES string of the molecule is Cn1c(-c2cccc(O)c2)cs/c1=N/N=C\c1ccccc1C=O. The molecule has 0 bridgehead atoms. The number of aromatic hydroxyl groups is 1. The van der Waals surface area contributed by atoms with Gasteiger partial charge in [-0.15, -0.1) is 16.4 Å². The quantitative estimate of drug-likeness (QED) is 0.451. The molecule has 1 heterocycles. The van der Waals surface area contributed by atoms with Gasteiger partial charge >= 0.3 is 0 Å². The first-order chi connectivity index (χ1) is 11.7. The number of rotatable bonds is 4. The van der Waals surface area contributed by atoms with Gasteiger partial charge in [0.15, 0.2) is 6.29 Å². The molecule has 3 rings (SSSR count). The minimum atomic E-state index is 0.223. The predicted molar refractivity (Wildman–Crippen MR) is 95.4 cm³/mol. The zero-order valence-corrected chi connectivity index (χ0v) is 13.8. The first-order valence-corrected chi connectivity index (χ1v) is 8.12. The summed E-state index contributed by atoms with van der Waals surface area (Å²) in [5, 5.41) is 19.9. The van der Waals surface area contributed by atoms with Gasteiger partial charge < -0.3 is 9.67 Å². The summed E-state index contributed by atoms with van der Waals surface area (Å²) < 4.78 is 1.91. The number of hydrogen-bond acceptors (Lipinski definition) is 5. The number of carbonyl (C=O) groups excluding carboxylic acids is 1. The number of hydrogen-bond donors (Lipinski definition) is 1. The summed E-state index contributed by atoms with van der Waals surface area (Å²) >= 11 is 1.45. The van der Waals surface area contributed by atoms with Gasteiger partial charge in [0.1, 0.15) is 5.75 Å². The summed E-state index contributed by atoms with van der Waals surface area (Å²) in [6.07, 6.45) is 2.37. The number of phenolic OH excluding ortho intramolecular Hbond substituents is 1. The lowest BCUT2D eigenvalue weighted by Crippen LogP contribution is -2.10. The first-order valence-electron chi connectivity index (χ1n) is 7.24. The Morgan fingerprint density at radius 1 is 1.12 bits per heavy atom. The van der Waals surface area contributed by atoms with Gasteiger partial charge in [-0.3, -0.25) is 4.79 Å². The second-order valence-electron chi connectivity index (χ2n) is 5.10. The number of aromatic nitrogens is 1. The Hall–Kier alpha value is -2.99. The lowest BCUT2D eigenvalue weighted by atomic mass is 10.1. The molecule has 0 aliphatic rings. The van der Waals surface area contributed by atoms with Crippen molar-refractivity contribution in [1.82, 2.24) is 4.57 Å². The third-order valence-electron chi connectivity index (χ3n) is 3.53. The maximum atomic E-state index is 11.0. The van der Waals surface area contributed by atoms with Crippen LogP contribution in [0.4, 0.5) is 0 Å². The molecule has 0 saturated heterocycles. The number of phenols is 1. The fourth-order valence-electron chi connectivity index (χ4n) is 2.26. The Morgan fingerprint density at radius 2 is 1.92 bits per heavy atom. The lowest BCUT2D eigenvalue weighted by molar-refractivity contribution is 0.112. The number of thiazole rings is 1. The molecule has 0 saturated carbocycles. The van der Waals surface area contributed by atoms with E-state index in [0.29, 0.717) is 10.4 Å². The molecular formula is C18H15N3O2S. The summed E-state index contributed by atoms with van der Waals surface area (Å²) in [5.41, 5.74) is 3.15. The van der Waals surface area contributed by atoms with E-state index in [1.807, 2.05) is 35.2 Å². The maximum absolute atomic E-state index is 11.0. The molecular weight excluding hydrogens is 322 g/mol. The predicted octanol–water partition coefficient (Wildman–Crippen LogP) is 3.21. The summed E-state index contributed by atoms with van der Waals surface area (Å²) in [4.78, 5) is 11.7. The normalized spacial score (nSPS) is 12.0. The second kappa shape index (κ2) is 7.06. The van der Waals surface area contributed by atoms with E-state index < -0.39 is 0 Å². The highest BCUT2D eigenvalue weighted by Gasteiger charge is 2.05. The molecule has 0 amide bonds. The molecule has 0 radical (unpaired) electrons. The second-order valence-corrected chi connectivity index (χ2v) is 5.94. The third-order valence-corrected chi connectivity index (χ3v) is 4.44. The van der Waals surface area contributed by atoms with Gasteiger partial charge in [0, 0.05) is 29.1 Å². The zero-order chi connectivity index (χ0) is 16.9. The summed E-state index contributed by atoms with van der Waals surface area (Å²) in [5.74, 6) is 0.223. The van der Waals surface area contributed by atoms with Crippen molar-refractivity contribution >= 4 is 23.8 Å². The average molecular weight is 337 g/mol. The lowest BCUT2D eigenvalue weighted by Gasteiger charge is -2.02. The van der Waals surface area contributed by atoms with Crippen LogP contribution in [0.1, 0.15) is 15.9 Å². The van der Waals surface area contributed by atoms with Crippen LogP contribution in [0.3, 0.4) is 0 Å². The van der Waals surface area contributed by atoms with E-state index in [1.54, 1.807) is 36.5 Å². The molecule has 0 aliphatic carbocycles. The van der Waals surface area contributed by atoms with Crippen molar-refractivity contribution in [2.24, 2.45) is 17.3 Å². The Balaban J connectivity index is 1.92. The molecule has 24 heavy (non-hydrogen) atoms. The van der Waals surface area contributed by atoms with Crippen molar-refractivity contribution in [2.45, 2.75) is 0 Å². The van der Waals surface area contributed by atoms with E-state index >= 15 is 0 Å². The Bertz CT molecular complexity index is 970. The molecule has 0 unspecified atom stereocenters. The Kier molecular flexibility index (Phi) is 4.67. The van der Waals surface area contributed by atoms with E-state index in [2.05, 4.69) is 10.2 Å². The number of aldehydes is 1. The standard InChI is InChI=1S/C18H15N3O2S/c1-21-17(13-7-4-8-16(23)9-13)12-24-18(21)20-19-10-14-5-2-3-6-15(14)11-22/h2-12,23H,1H3/b19-10-,20-18+. The fourth-order valence-corrected chi connectivity index (χ4v) is 3.13. The van der Waals surface area contributed by atoms with Crippen LogP contribution in [-0.4, -0.2) is 22.2 Å². The Labute approximate surface area is 142 Å². The highest BCUT2D eigenvalue weighted by molar-refractivity contribution is 7.07. The molecule has 0 spiro atoms. The van der Waals surface area contributed by atoms with Gasteiger partial charge in [-0.2, -0.15) is 5.10 Å². The molecule has 0 aliphatic heterocycles. The van der Waals surface area contributed by atoms with Crippen LogP contribution in [-0.2, 0) is 7.05 Å². The average Bonchev–Trinajstić information content (AvgIpc) is 2.96. The van der Waals surface area contributed by atoms with E-state index in [9.17, 15) is 9.90 Å². The van der Waals surface area contributed by atoms with Crippen molar-refractivity contribution in [2.75, 3.05) is 0 Å². The molecule has 2 aromatic carbocycles. The van der Waals surface area contributed by atoms with E-state index in [1.165, 1.54) is 11.3 Å². The van der Waals surface area contributed by atoms with Crippen molar-refractivity contribution in [3.8, 4) is 17.0 Å². The monoisotopic (exact) mass is 337 g/mol. The summed E-state index contributed by atoms with van der Waals surface area (Å²) in [7, 11) is 1.89. The smallest absolute Gasteiger partial charge is 0.210 e. The molecule has 1 N–H and O–H groups in total. The largest absolute Gasteiger partial charge is 0.508 e. The maximum Gasteiger partial charge on any atom is 0.210 e. The third kappa shape index (κ3) is 3.33. The number of nitrogens with zero attached hydrogens (tertiary/aromatic N) is 3. The van der Waals surface area contributed by atoms with Crippen LogP contribution in [0.25, 0.3) is 11.3 Å². The van der Waals surface area contributed by atoms with Gasteiger partial charge in [0.05, 0.1) is 11.9 Å². The zero-order valence-electron chi connectivity index (χ0n) is 13.0. The van der Waals surface area contributed by atoms with Crippen LogP contribution in [0.15, 0.2) is 64.1 Å².